The van der Waals surface area contributed by atoms with Crippen molar-refractivity contribution in [3.8, 4) is 0 Å². The number of benzene rings is 2. The van der Waals surface area contributed by atoms with E-state index in [-0.39, 0.29) is 12.1 Å². The quantitative estimate of drug-likeness (QED) is 0.574. The van der Waals surface area contributed by atoms with Gasteiger partial charge in [0.1, 0.15) is 0 Å². The number of azo groups is 1. The fourth-order valence-corrected chi connectivity index (χ4v) is 3.86. The van der Waals surface area contributed by atoms with Crippen LogP contribution in [0.15, 0.2) is 58.8 Å². The average molecular weight is 365 g/mol. The molecule has 27 heavy (non-hydrogen) atoms. The third-order valence-corrected chi connectivity index (χ3v) is 5.60. The summed E-state index contributed by atoms with van der Waals surface area (Å²) >= 11 is 0. The van der Waals surface area contributed by atoms with E-state index in [1.54, 1.807) is 0 Å². The lowest BCUT2D eigenvalue weighted by Gasteiger charge is -2.21. The molecule has 144 valence electrons. The molecule has 2 unspecified atom stereocenters. The molecule has 0 amide bonds. The van der Waals surface area contributed by atoms with Crippen LogP contribution >= 0.6 is 0 Å². The second-order valence-corrected chi connectivity index (χ2v) is 7.03. The molecular formula is C23H32N4. The summed E-state index contributed by atoms with van der Waals surface area (Å²) in [7, 11) is 0. The molecule has 1 aliphatic rings. The van der Waals surface area contributed by atoms with Crippen LogP contribution in [0.25, 0.3) is 0 Å². The summed E-state index contributed by atoms with van der Waals surface area (Å²) in [5, 5.41) is 9.14. The van der Waals surface area contributed by atoms with Gasteiger partial charge in [0, 0.05) is 44.0 Å². The minimum absolute atomic E-state index is 0.170. The van der Waals surface area contributed by atoms with E-state index in [2.05, 4.69) is 96.3 Å². The van der Waals surface area contributed by atoms with Crippen molar-refractivity contribution in [2.24, 2.45) is 10.2 Å². The molecule has 0 aromatic heterocycles. The van der Waals surface area contributed by atoms with Crippen LogP contribution in [0.1, 0.15) is 57.3 Å². The predicted octanol–water partition coefficient (Wildman–Crippen LogP) is 6.02. The minimum atomic E-state index is 0.170. The minimum Gasteiger partial charge on any atom is -0.372 e. The first kappa shape index (κ1) is 19.4. The first-order chi connectivity index (χ1) is 13.2. The molecule has 0 bridgehead atoms. The number of hydrogen-bond acceptors (Lipinski definition) is 4. The normalized spacial score (nSPS) is 18.7. The van der Waals surface area contributed by atoms with E-state index in [9.17, 15) is 0 Å². The largest absolute Gasteiger partial charge is 0.372 e. The van der Waals surface area contributed by atoms with Crippen LogP contribution in [0, 0.1) is 0 Å². The Labute approximate surface area is 163 Å². The molecule has 2 aromatic carbocycles. The molecular weight excluding hydrogens is 332 g/mol. The van der Waals surface area contributed by atoms with E-state index in [4.69, 9.17) is 0 Å². The highest BCUT2D eigenvalue weighted by molar-refractivity contribution is 5.49. The summed E-state index contributed by atoms with van der Waals surface area (Å²) in [6.07, 6.45) is 0.954. The van der Waals surface area contributed by atoms with Gasteiger partial charge in [-0.1, -0.05) is 24.3 Å². The van der Waals surface area contributed by atoms with Crippen molar-refractivity contribution in [2.45, 2.75) is 46.2 Å². The summed E-state index contributed by atoms with van der Waals surface area (Å²) in [5.74, 6) is 0. The van der Waals surface area contributed by atoms with Gasteiger partial charge >= 0.3 is 0 Å². The molecule has 3 rings (SSSR count). The predicted molar refractivity (Wildman–Crippen MR) is 115 cm³/mol. The zero-order chi connectivity index (χ0) is 19.2. The molecule has 1 aliphatic heterocycles. The van der Waals surface area contributed by atoms with E-state index in [0.717, 1.165) is 32.6 Å². The van der Waals surface area contributed by atoms with Crippen molar-refractivity contribution in [3.05, 3.63) is 59.7 Å². The van der Waals surface area contributed by atoms with Gasteiger partial charge < -0.3 is 9.80 Å². The lowest BCUT2D eigenvalue weighted by Crippen LogP contribution is -2.21. The van der Waals surface area contributed by atoms with Gasteiger partial charge in [0.15, 0.2) is 0 Å². The van der Waals surface area contributed by atoms with Crippen molar-refractivity contribution in [3.63, 3.8) is 0 Å². The average Bonchev–Trinajstić information content (AvgIpc) is 3.21. The molecule has 0 N–H and O–H groups in total. The second kappa shape index (κ2) is 9.03. The summed E-state index contributed by atoms with van der Waals surface area (Å²) in [6.45, 7) is 12.9. The Kier molecular flexibility index (Phi) is 6.49. The van der Waals surface area contributed by atoms with Crippen LogP contribution in [0.4, 0.5) is 11.4 Å². The van der Waals surface area contributed by atoms with Crippen LogP contribution < -0.4 is 9.80 Å². The van der Waals surface area contributed by atoms with E-state index in [1.807, 2.05) is 0 Å². The lowest BCUT2D eigenvalue weighted by molar-refractivity contribution is 0.659. The number of hydrogen-bond donors (Lipinski definition) is 0. The lowest BCUT2D eigenvalue weighted by atomic mass is 9.97. The van der Waals surface area contributed by atoms with Gasteiger partial charge in [0.2, 0.25) is 0 Å². The molecule has 4 heteroatoms. The molecule has 4 nitrogen and oxygen atoms in total. The fraction of sp³-hybridized carbons (Fsp3) is 0.478. The Morgan fingerprint density at radius 2 is 0.963 bits per heavy atom. The number of anilines is 2. The van der Waals surface area contributed by atoms with Gasteiger partial charge in [-0.2, -0.15) is 10.2 Å². The standard InChI is InChI=1S/C23H32N4/c1-5-26(6-2)20-13-9-18(10-14-20)22-17-23(25-24-22)19-11-15-21(16-12-19)27(7-3)8-4/h9-16,22-23H,5-8,17H2,1-4H3. The second-order valence-electron chi connectivity index (χ2n) is 7.03. The van der Waals surface area contributed by atoms with E-state index >= 15 is 0 Å². The molecule has 0 aliphatic carbocycles. The highest BCUT2D eigenvalue weighted by Gasteiger charge is 2.25. The molecule has 1 heterocycles. The number of nitrogens with zero attached hydrogens (tertiary/aromatic N) is 4. The Balaban J connectivity index is 1.66. The SMILES string of the molecule is CCN(CC)c1ccc(C2CC(c3ccc(N(CC)CC)cc3)N=N2)cc1. The van der Waals surface area contributed by atoms with Crippen LogP contribution in [-0.2, 0) is 0 Å². The van der Waals surface area contributed by atoms with Crippen molar-refractivity contribution >= 4 is 11.4 Å². The van der Waals surface area contributed by atoms with Gasteiger partial charge in [-0.05, 0) is 63.1 Å². The summed E-state index contributed by atoms with van der Waals surface area (Å²) in [4.78, 5) is 4.72. The van der Waals surface area contributed by atoms with Gasteiger partial charge in [0.05, 0.1) is 12.1 Å². The van der Waals surface area contributed by atoms with Gasteiger partial charge in [-0.15, -0.1) is 0 Å². The van der Waals surface area contributed by atoms with Crippen molar-refractivity contribution in [1.82, 2.24) is 0 Å². The molecule has 0 fully saturated rings. The Morgan fingerprint density at radius 1 is 0.630 bits per heavy atom. The highest BCUT2D eigenvalue weighted by Crippen LogP contribution is 2.39. The maximum Gasteiger partial charge on any atom is 0.0982 e. The van der Waals surface area contributed by atoms with Crippen molar-refractivity contribution in [1.29, 1.82) is 0 Å². The summed E-state index contributed by atoms with van der Waals surface area (Å²) < 4.78 is 0. The highest BCUT2D eigenvalue weighted by atomic mass is 15.2. The Bertz CT molecular complexity index is 664. The first-order valence-electron chi connectivity index (χ1n) is 10.3. The van der Waals surface area contributed by atoms with Crippen molar-refractivity contribution in [2.75, 3.05) is 36.0 Å². The molecule has 0 saturated heterocycles. The third-order valence-electron chi connectivity index (χ3n) is 5.60. The van der Waals surface area contributed by atoms with Crippen molar-refractivity contribution < 1.29 is 0 Å². The topological polar surface area (TPSA) is 31.2 Å². The van der Waals surface area contributed by atoms with Crippen LogP contribution in [0.5, 0.6) is 0 Å². The third kappa shape index (κ3) is 4.32. The Hall–Kier alpha value is -2.36. The zero-order valence-corrected chi connectivity index (χ0v) is 17.1. The van der Waals surface area contributed by atoms with Gasteiger partial charge in [-0.25, -0.2) is 0 Å². The molecule has 2 atom stereocenters. The van der Waals surface area contributed by atoms with Gasteiger partial charge in [-0.3, -0.25) is 0 Å². The van der Waals surface area contributed by atoms with Crippen LogP contribution in [0.3, 0.4) is 0 Å². The van der Waals surface area contributed by atoms with E-state index in [0.29, 0.717) is 0 Å². The van der Waals surface area contributed by atoms with Gasteiger partial charge in [0.25, 0.3) is 0 Å². The first-order valence-corrected chi connectivity index (χ1v) is 10.3. The fourth-order valence-electron chi connectivity index (χ4n) is 3.86. The Morgan fingerprint density at radius 3 is 1.26 bits per heavy atom. The molecule has 0 spiro atoms. The number of rotatable bonds is 8. The smallest absolute Gasteiger partial charge is 0.0982 e. The maximum absolute atomic E-state index is 4.57. The maximum atomic E-state index is 4.57. The van der Waals surface area contributed by atoms with Crippen LogP contribution in [0.2, 0.25) is 0 Å². The molecule has 2 aromatic rings. The van der Waals surface area contributed by atoms with E-state index in [1.165, 1.54) is 22.5 Å². The molecule has 0 saturated carbocycles. The summed E-state index contributed by atoms with van der Waals surface area (Å²) in [6, 6.07) is 18.0. The molecule has 0 radical (unpaired) electrons. The van der Waals surface area contributed by atoms with Crippen LogP contribution in [-0.4, -0.2) is 26.2 Å². The summed E-state index contributed by atoms with van der Waals surface area (Å²) in [5.41, 5.74) is 5.08. The monoisotopic (exact) mass is 364 g/mol. The van der Waals surface area contributed by atoms with E-state index < -0.39 is 0 Å². The zero-order valence-electron chi connectivity index (χ0n) is 17.1.